The third kappa shape index (κ3) is 3.95. The number of nitrogens with zero attached hydrogens (tertiary/aromatic N) is 3. The van der Waals surface area contributed by atoms with E-state index in [-0.39, 0.29) is 11.6 Å². The average Bonchev–Trinajstić information content (AvgIpc) is 3.07. The number of thioether (sulfide) groups is 1. The molecular formula is C22H20ClN3O2S. The molecule has 0 bridgehead atoms. The standard InChI is InChI=1S/C22H20ClN3O2S/c1-13(2)26-21(27)17-10-9-16(23)11-18(17)25-22(26)29-12-19-14(3)28-20(24-19)15-7-5-4-6-8-15/h4-11,13H,12H2,1-3H3. The lowest BCUT2D eigenvalue weighted by atomic mass is 10.2. The van der Waals surface area contributed by atoms with Crippen molar-refractivity contribution in [3.05, 3.63) is 75.4 Å². The van der Waals surface area contributed by atoms with Gasteiger partial charge in [0, 0.05) is 22.4 Å². The topological polar surface area (TPSA) is 60.9 Å². The molecule has 148 valence electrons. The summed E-state index contributed by atoms with van der Waals surface area (Å²) in [5, 5.41) is 1.77. The third-order valence-electron chi connectivity index (χ3n) is 4.60. The minimum atomic E-state index is -0.0639. The van der Waals surface area contributed by atoms with Crippen molar-refractivity contribution < 1.29 is 4.42 Å². The molecule has 7 heteroatoms. The van der Waals surface area contributed by atoms with Gasteiger partial charge in [0.25, 0.3) is 5.56 Å². The van der Waals surface area contributed by atoms with Gasteiger partial charge in [-0.3, -0.25) is 9.36 Å². The SMILES string of the molecule is Cc1oc(-c2ccccc2)nc1CSc1nc2cc(Cl)ccc2c(=O)n1C(C)C. The van der Waals surface area contributed by atoms with Gasteiger partial charge in [-0.15, -0.1) is 0 Å². The van der Waals surface area contributed by atoms with Crippen LogP contribution in [0.25, 0.3) is 22.4 Å². The predicted octanol–water partition coefficient (Wildman–Crippen LogP) is 5.89. The molecular weight excluding hydrogens is 406 g/mol. The van der Waals surface area contributed by atoms with Gasteiger partial charge in [0.1, 0.15) is 5.76 Å². The zero-order valence-electron chi connectivity index (χ0n) is 16.3. The number of rotatable bonds is 5. The van der Waals surface area contributed by atoms with Gasteiger partial charge < -0.3 is 4.42 Å². The van der Waals surface area contributed by atoms with Crippen LogP contribution in [0, 0.1) is 6.92 Å². The molecule has 29 heavy (non-hydrogen) atoms. The van der Waals surface area contributed by atoms with Crippen LogP contribution < -0.4 is 5.56 Å². The zero-order valence-corrected chi connectivity index (χ0v) is 17.9. The van der Waals surface area contributed by atoms with Crippen LogP contribution in [0.5, 0.6) is 0 Å². The minimum absolute atomic E-state index is 0.0177. The summed E-state index contributed by atoms with van der Waals surface area (Å²) in [6.45, 7) is 5.85. The molecule has 0 radical (unpaired) electrons. The molecule has 2 aromatic carbocycles. The summed E-state index contributed by atoms with van der Waals surface area (Å²) in [7, 11) is 0. The highest BCUT2D eigenvalue weighted by Gasteiger charge is 2.17. The molecule has 0 saturated carbocycles. The molecule has 0 amide bonds. The summed E-state index contributed by atoms with van der Waals surface area (Å²) in [5.74, 6) is 1.91. The highest BCUT2D eigenvalue weighted by atomic mass is 35.5. The van der Waals surface area contributed by atoms with E-state index >= 15 is 0 Å². The molecule has 5 nitrogen and oxygen atoms in total. The molecule has 0 saturated heterocycles. The normalized spacial score (nSPS) is 11.5. The van der Waals surface area contributed by atoms with E-state index in [1.807, 2.05) is 51.1 Å². The Morgan fingerprint density at radius 1 is 1.14 bits per heavy atom. The zero-order chi connectivity index (χ0) is 20.5. The second-order valence-electron chi connectivity index (χ2n) is 7.00. The average molecular weight is 426 g/mol. The lowest BCUT2D eigenvalue weighted by Gasteiger charge is -2.16. The monoisotopic (exact) mass is 425 g/mol. The Morgan fingerprint density at radius 3 is 2.62 bits per heavy atom. The second-order valence-corrected chi connectivity index (χ2v) is 8.38. The van der Waals surface area contributed by atoms with E-state index in [0.29, 0.717) is 32.7 Å². The van der Waals surface area contributed by atoms with Crippen molar-refractivity contribution in [3.63, 3.8) is 0 Å². The van der Waals surface area contributed by atoms with Gasteiger partial charge >= 0.3 is 0 Å². The molecule has 0 unspecified atom stereocenters. The fourth-order valence-corrected chi connectivity index (χ4v) is 4.40. The van der Waals surface area contributed by atoms with Crippen LogP contribution in [0.4, 0.5) is 0 Å². The number of hydrogen-bond acceptors (Lipinski definition) is 5. The molecule has 0 aliphatic carbocycles. The molecule has 0 aliphatic heterocycles. The van der Waals surface area contributed by atoms with E-state index in [0.717, 1.165) is 17.0 Å². The molecule has 4 aromatic rings. The minimum Gasteiger partial charge on any atom is -0.441 e. The first-order chi connectivity index (χ1) is 13.9. The number of halogens is 1. The summed E-state index contributed by atoms with van der Waals surface area (Å²) in [5.41, 5.74) is 2.31. The van der Waals surface area contributed by atoms with Crippen molar-refractivity contribution in [2.24, 2.45) is 0 Å². The molecule has 0 N–H and O–H groups in total. The summed E-state index contributed by atoms with van der Waals surface area (Å²) in [6.07, 6.45) is 0. The summed E-state index contributed by atoms with van der Waals surface area (Å²) >= 11 is 7.57. The van der Waals surface area contributed by atoms with Crippen LogP contribution in [0.2, 0.25) is 5.02 Å². The van der Waals surface area contributed by atoms with Crippen molar-refractivity contribution in [2.45, 2.75) is 37.7 Å². The van der Waals surface area contributed by atoms with Crippen LogP contribution in [0.3, 0.4) is 0 Å². The number of oxazole rings is 1. The van der Waals surface area contributed by atoms with E-state index in [1.165, 1.54) is 11.8 Å². The van der Waals surface area contributed by atoms with E-state index in [1.54, 1.807) is 22.8 Å². The lowest BCUT2D eigenvalue weighted by molar-refractivity contribution is 0.519. The van der Waals surface area contributed by atoms with Gasteiger partial charge in [0.2, 0.25) is 5.89 Å². The largest absolute Gasteiger partial charge is 0.441 e. The van der Waals surface area contributed by atoms with Gasteiger partial charge in [0.05, 0.1) is 16.6 Å². The predicted molar refractivity (Wildman–Crippen MR) is 118 cm³/mol. The van der Waals surface area contributed by atoms with Gasteiger partial charge in [-0.25, -0.2) is 9.97 Å². The van der Waals surface area contributed by atoms with E-state index in [4.69, 9.17) is 21.0 Å². The maximum atomic E-state index is 13.0. The van der Waals surface area contributed by atoms with Crippen LogP contribution in [0.1, 0.15) is 31.3 Å². The van der Waals surface area contributed by atoms with Crippen LogP contribution >= 0.6 is 23.4 Å². The molecule has 0 fully saturated rings. The first kappa shape index (κ1) is 19.7. The van der Waals surface area contributed by atoms with E-state index < -0.39 is 0 Å². The molecule has 2 aromatic heterocycles. The van der Waals surface area contributed by atoms with E-state index in [2.05, 4.69) is 4.98 Å². The van der Waals surface area contributed by atoms with Crippen LogP contribution in [0.15, 0.2) is 62.9 Å². The molecule has 0 aliphatic rings. The smallest absolute Gasteiger partial charge is 0.262 e. The molecule has 4 rings (SSSR count). The van der Waals surface area contributed by atoms with Crippen molar-refractivity contribution in [1.29, 1.82) is 0 Å². The fraction of sp³-hybridized carbons (Fsp3) is 0.227. The van der Waals surface area contributed by atoms with Crippen molar-refractivity contribution >= 4 is 34.3 Å². The van der Waals surface area contributed by atoms with Crippen molar-refractivity contribution in [2.75, 3.05) is 0 Å². The number of aryl methyl sites for hydroxylation is 1. The van der Waals surface area contributed by atoms with E-state index in [9.17, 15) is 4.79 Å². The Kier molecular flexibility index (Phi) is 5.48. The molecule has 0 atom stereocenters. The Morgan fingerprint density at radius 2 is 1.90 bits per heavy atom. The third-order valence-corrected chi connectivity index (χ3v) is 5.80. The van der Waals surface area contributed by atoms with Gasteiger partial charge in [-0.05, 0) is 51.1 Å². The molecule has 2 heterocycles. The number of fused-ring (bicyclic) bond motifs is 1. The number of benzene rings is 2. The fourth-order valence-electron chi connectivity index (χ4n) is 3.11. The Bertz CT molecular complexity index is 1230. The highest BCUT2D eigenvalue weighted by molar-refractivity contribution is 7.98. The van der Waals surface area contributed by atoms with Crippen molar-refractivity contribution in [3.8, 4) is 11.5 Å². The van der Waals surface area contributed by atoms with Crippen LogP contribution in [-0.2, 0) is 5.75 Å². The lowest BCUT2D eigenvalue weighted by Crippen LogP contribution is -2.25. The highest BCUT2D eigenvalue weighted by Crippen LogP contribution is 2.28. The number of hydrogen-bond donors (Lipinski definition) is 0. The van der Waals surface area contributed by atoms with Gasteiger partial charge in [-0.1, -0.05) is 41.6 Å². The quantitative estimate of drug-likeness (QED) is 0.295. The first-order valence-corrected chi connectivity index (χ1v) is 10.7. The Hall–Kier alpha value is -2.57. The second kappa shape index (κ2) is 8.05. The van der Waals surface area contributed by atoms with Crippen molar-refractivity contribution in [1.82, 2.24) is 14.5 Å². The molecule has 0 spiro atoms. The van der Waals surface area contributed by atoms with Crippen LogP contribution in [-0.4, -0.2) is 14.5 Å². The summed E-state index contributed by atoms with van der Waals surface area (Å²) in [4.78, 5) is 22.4. The first-order valence-electron chi connectivity index (χ1n) is 9.30. The van der Waals surface area contributed by atoms with Gasteiger partial charge in [-0.2, -0.15) is 0 Å². The summed E-state index contributed by atoms with van der Waals surface area (Å²) in [6, 6.07) is 14.9. The Balaban J connectivity index is 1.69. The summed E-state index contributed by atoms with van der Waals surface area (Å²) < 4.78 is 7.56. The maximum Gasteiger partial charge on any atom is 0.262 e. The number of aromatic nitrogens is 3. The maximum absolute atomic E-state index is 13.0. The van der Waals surface area contributed by atoms with Gasteiger partial charge in [0.15, 0.2) is 5.16 Å². The Labute approximate surface area is 177 Å².